The fourth-order valence-electron chi connectivity index (χ4n) is 4.57. The smallest absolute Gasteiger partial charge is 0.305 e. The predicted molar refractivity (Wildman–Crippen MR) is 113 cm³/mol. The Bertz CT molecular complexity index is 570. The van der Waals surface area contributed by atoms with Gasteiger partial charge in [0.05, 0.1) is 25.2 Å². The minimum atomic E-state index is -0.656. The molecule has 0 amide bonds. The van der Waals surface area contributed by atoms with Gasteiger partial charge in [0.15, 0.2) is 0 Å². The first-order valence-corrected chi connectivity index (χ1v) is 11.3. The maximum absolute atomic E-state index is 11.1. The molecule has 1 unspecified atom stereocenters. The highest BCUT2D eigenvalue weighted by atomic mass is 16.5. The molecule has 2 saturated carbocycles. The highest BCUT2D eigenvalue weighted by molar-refractivity contribution is 5.69. The molecule has 0 radical (unpaired) electrons. The standard InChI is InChI=1S/C24H38O5/c1-29-24(28)12-8-3-2-7-11-20-21(23(27)17-22(20)26)16-15-19(25)14-13-18-9-5-4-6-10-18/h2,7,18-23,25-27H,3-6,8-14,17H2,1H3/b7-2-/t19-,20+,21?,22-,23+/m0/s1. The maximum atomic E-state index is 11.1. The van der Waals surface area contributed by atoms with Crippen LogP contribution in [0.2, 0.25) is 0 Å². The topological polar surface area (TPSA) is 87.0 Å². The molecule has 2 aliphatic carbocycles. The Hall–Kier alpha value is -1.35. The molecular weight excluding hydrogens is 368 g/mol. The van der Waals surface area contributed by atoms with Crippen LogP contribution in [0.1, 0.15) is 77.0 Å². The van der Waals surface area contributed by atoms with Crippen molar-refractivity contribution in [2.45, 2.75) is 95.4 Å². The Balaban J connectivity index is 1.78. The summed E-state index contributed by atoms with van der Waals surface area (Å²) in [4.78, 5) is 11.1. The van der Waals surface area contributed by atoms with Gasteiger partial charge in [0, 0.05) is 18.8 Å². The number of ether oxygens (including phenoxy) is 1. The van der Waals surface area contributed by atoms with Crippen molar-refractivity contribution in [2.24, 2.45) is 17.8 Å². The van der Waals surface area contributed by atoms with Crippen LogP contribution < -0.4 is 0 Å². The van der Waals surface area contributed by atoms with E-state index in [9.17, 15) is 20.1 Å². The lowest BCUT2D eigenvalue weighted by Crippen LogP contribution is -2.21. The molecule has 5 nitrogen and oxygen atoms in total. The number of carbonyl (C=O) groups excluding carboxylic acids is 1. The zero-order valence-electron chi connectivity index (χ0n) is 17.8. The average molecular weight is 407 g/mol. The molecule has 0 heterocycles. The van der Waals surface area contributed by atoms with E-state index in [0.29, 0.717) is 25.7 Å². The number of allylic oxidation sites excluding steroid dienone is 2. The quantitative estimate of drug-likeness (QED) is 0.237. The molecule has 0 aromatic carbocycles. The van der Waals surface area contributed by atoms with Crippen LogP contribution in [0.25, 0.3) is 0 Å². The van der Waals surface area contributed by atoms with Gasteiger partial charge in [-0.15, -0.1) is 0 Å². The second-order valence-corrected chi connectivity index (χ2v) is 8.62. The van der Waals surface area contributed by atoms with E-state index in [1.165, 1.54) is 39.2 Å². The summed E-state index contributed by atoms with van der Waals surface area (Å²) in [6.07, 6.45) is 13.2. The van der Waals surface area contributed by atoms with Gasteiger partial charge >= 0.3 is 5.97 Å². The van der Waals surface area contributed by atoms with Gasteiger partial charge in [-0.05, 0) is 38.0 Å². The molecule has 0 aliphatic heterocycles. The molecule has 0 saturated heterocycles. The maximum Gasteiger partial charge on any atom is 0.305 e. The molecule has 164 valence electrons. The number of aliphatic hydroxyl groups excluding tert-OH is 3. The Kier molecular flexibility index (Phi) is 10.8. The van der Waals surface area contributed by atoms with Crippen LogP contribution in [0, 0.1) is 29.6 Å². The van der Waals surface area contributed by atoms with Gasteiger partial charge in [-0.2, -0.15) is 0 Å². The van der Waals surface area contributed by atoms with E-state index in [1.807, 2.05) is 12.2 Å². The summed E-state index contributed by atoms with van der Waals surface area (Å²) >= 11 is 0. The number of unbranched alkanes of at least 4 members (excludes halogenated alkanes) is 1. The lowest BCUT2D eigenvalue weighted by Gasteiger charge is -2.21. The lowest BCUT2D eigenvalue weighted by molar-refractivity contribution is -0.140. The first-order chi connectivity index (χ1) is 14.0. The Labute approximate surface area is 175 Å². The number of carbonyl (C=O) groups is 1. The summed E-state index contributed by atoms with van der Waals surface area (Å²) in [5, 5.41) is 30.8. The zero-order valence-corrected chi connectivity index (χ0v) is 17.8. The van der Waals surface area contributed by atoms with E-state index < -0.39 is 18.3 Å². The van der Waals surface area contributed by atoms with Crippen molar-refractivity contribution in [3.63, 3.8) is 0 Å². The summed E-state index contributed by atoms with van der Waals surface area (Å²) in [7, 11) is 1.39. The van der Waals surface area contributed by atoms with Crippen LogP contribution in [0.3, 0.4) is 0 Å². The van der Waals surface area contributed by atoms with E-state index in [-0.39, 0.29) is 17.8 Å². The second-order valence-electron chi connectivity index (χ2n) is 8.62. The summed E-state index contributed by atoms with van der Waals surface area (Å²) in [5.74, 6) is 6.08. The largest absolute Gasteiger partial charge is 0.469 e. The number of methoxy groups -OCH3 is 1. The van der Waals surface area contributed by atoms with E-state index in [4.69, 9.17) is 0 Å². The van der Waals surface area contributed by atoms with Crippen LogP contribution in [0.4, 0.5) is 0 Å². The van der Waals surface area contributed by atoms with Gasteiger partial charge in [-0.25, -0.2) is 0 Å². The van der Waals surface area contributed by atoms with Gasteiger partial charge in [0.2, 0.25) is 0 Å². The third-order valence-electron chi connectivity index (χ3n) is 6.40. The molecular formula is C24H38O5. The summed E-state index contributed by atoms with van der Waals surface area (Å²) < 4.78 is 4.62. The Morgan fingerprint density at radius 1 is 1.17 bits per heavy atom. The lowest BCUT2D eigenvalue weighted by atomic mass is 9.85. The number of aliphatic hydroxyl groups is 3. The molecule has 0 spiro atoms. The van der Waals surface area contributed by atoms with Gasteiger partial charge in [0.25, 0.3) is 0 Å². The van der Waals surface area contributed by atoms with Crippen LogP contribution in [0.5, 0.6) is 0 Å². The van der Waals surface area contributed by atoms with Crippen molar-refractivity contribution in [1.29, 1.82) is 0 Å². The van der Waals surface area contributed by atoms with E-state index >= 15 is 0 Å². The first kappa shape index (κ1) is 23.9. The second kappa shape index (κ2) is 13.1. The number of rotatable bonds is 9. The van der Waals surface area contributed by atoms with E-state index in [0.717, 1.165) is 25.2 Å². The van der Waals surface area contributed by atoms with Gasteiger partial charge in [0.1, 0.15) is 6.10 Å². The zero-order chi connectivity index (χ0) is 21.1. The van der Waals surface area contributed by atoms with E-state index in [2.05, 4.69) is 16.6 Å². The van der Waals surface area contributed by atoms with Crippen molar-refractivity contribution in [3.05, 3.63) is 12.2 Å². The molecule has 0 aromatic rings. The highest BCUT2D eigenvalue weighted by Crippen LogP contribution is 2.35. The summed E-state index contributed by atoms with van der Waals surface area (Å²) in [6.45, 7) is 0. The van der Waals surface area contributed by atoms with Gasteiger partial charge in [-0.1, -0.05) is 56.1 Å². The third kappa shape index (κ3) is 8.50. The van der Waals surface area contributed by atoms with Gasteiger partial charge in [-0.3, -0.25) is 4.79 Å². The first-order valence-electron chi connectivity index (χ1n) is 11.3. The van der Waals surface area contributed by atoms with Crippen molar-refractivity contribution < 1.29 is 24.9 Å². The monoisotopic (exact) mass is 406 g/mol. The molecule has 0 aromatic heterocycles. The SMILES string of the molecule is COC(=O)CCC/C=C\C[C@@H]1C(C#C[C@@H](O)CCC2CCCCC2)[C@H](O)C[C@@H]1O. The molecule has 0 bridgehead atoms. The fourth-order valence-corrected chi connectivity index (χ4v) is 4.57. The van der Waals surface area contributed by atoms with E-state index in [1.54, 1.807) is 0 Å². The van der Waals surface area contributed by atoms with Crippen molar-refractivity contribution in [3.8, 4) is 11.8 Å². The molecule has 2 fully saturated rings. The molecule has 2 rings (SSSR count). The normalized spacial score (nSPS) is 28.8. The molecule has 5 heteroatoms. The molecule has 29 heavy (non-hydrogen) atoms. The van der Waals surface area contributed by atoms with Crippen LogP contribution in [-0.2, 0) is 9.53 Å². The molecule has 3 N–H and O–H groups in total. The summed E-state index contributed by atoms with van der Waals surface area (Å²) in [6, 6.07) is 0. The number of hydrogen-bond donors (Lipinski definition) is 3. The highest BCUT2D eigenvalue weighted by Gasteiger charge is 2.40. The average Bonchev–Trinajstić information content (AvgIpc) is 3.00. The number of esters is 1. The Morgan fingerprint density at radius 2 is 1.93 bits per heavy atom. The fraction of sp³-hybridized carbons (Fsp3) is 0.792. The summed E-state index contributed by atoms with van der Waals surface area (Å²) in [5.41, 5.74) is 0. The van der Waals surface area contributed by atoms with Crippen molar-refractivity contribution in [1.82, 2.24) is 0 Å². The van der Waals surface area contributed by atoms with Crippen molar-refractivity contribution >= 4 is 5.97 Å². The Morgan fingerprint density at radius 3 is 2.66 bits per heavy atom. The third-order valence-corrected chi connectivity index (χ3v) is 6.40. The van der Waals surface area contributed by atoms with Crippen LogP contribution in [0.15, 0.2) is 12.2 Å². The molecule has 2 aliphatic rings. The molecule has 5 atom stereocenters. The predicted octanol–water partition coefficient (Wildman–Crippen LogP) is 3.36. The minimum absolute atomic E-state index is 0.125. The van der Waals surface area contributed by atoms with Crippen molar-refractivity contribution in [2.75, 3.05) is 7.11 Å². The number of hydrogen-bond acceptors (Lipinski definition) is 5. The van der Waals surface area contributed by atoms with Crippen LogP contribution >= 0.6 is 0 Å². The minimum Gasteiger partial charge on any atom is -0.469 e. The van der Waals surface area contributed by atoms with Crippen LogP contribution in [-0.4, -0.2) is 46.7 Å². The van der Waals surface area contributed by atoms with Gasteiger partial charge < -0.3 is 20.1 Å².